The third-order valence-corrected chi connectivity index (χ3v) is 4.70. The minimum Gasteiger partial charge on any atom is -0.357 e. The van der Waals surface area contributed by atoms with Gasteiger partial charge in [-0.1, -0.05) is 26.0 Å². The summed E-state index contributed by atoms with van der Waals surface area (Å²) in [5.74, 6) is -0.721. The van der Waals surface area contributed by atoms with Crippen LogP contribution in [0.1, 0.15) is 27.7 Å². The van der Waals surface area contributed by atoms with Crippen LogP contribution >= 0.6 is 0 Å². The van der Waals surface area contributed by atoms with Crippen molar-refractivity contribution in [3.05, 3.63) is 12.2 Å². The highest BCUT2D eigenvalue weighted by Crippen LogP contribution is 2.57. The lowest BCUT2D eigenvalue weighted by molar-refractivity contribution is -0.135. The second-order valence-corrected chi connectivity index (χ2v) is 6.22. The summed E-state index contributed by atoms with van der Waals surface area (Å²) in [5.41, 5.74) is -1.22. The Kier molecular flexibility index (Phi) is 2.14. The Bertz CT molecular complexity index is 470. The molecule has 2 saturated heterocycles. The van der Waals surface area contributed by atoms with Crippen molar-refractivity contribution >= 4 is 11.7 Å². The third kappa shape index (κ3) is 1.14. The predicted molar refractivity (Wildman–Crippen MR) is 65.8 cm³/mol. The van der Waals surface area contributed by atoms with Gasteiger partial charge in [0, 0.05) is 5.92 Å². The first kappa shape index (κ1) is 11.9. The molecule has 3 rings (SSSR count). The molecule has 0 aromatic heterocycles. The minimum atomic E-state index is -0.613. The highest BCUT2D eigenvalue weighted by Gasteiger charge is 2.71. The van der Waals surface area contributed by atoms with E-state index in [1.54, 1.807) is 0 Å². The maximum Gasteiger partial charge on any atom is 0.227 e. The zero-order valence-corrected chi connectivity index (χ0v) is 11.2. The molecule has 1 N–H and O–H groups in total. The summed E-state index contributed by atoms with van der Waals surface area (Å²) < 4.78 is 6.12. The van der Waals surface area contributed by atoms with E-state index in [-0.39, 0.29) is 35.5 Å². The van der Waals surface area contributed by atoms with Crippen LogP contribution in [-0.2, 0) is 14.3 Å². The largest absolute Gasteiger partial charge is 0.357 e. The molecule has 98 valence electrons. The van der Waals surface area contributed by atoms with Gasteiger partial charge in [-0.05, 0) is 13.8 Å². The quantitative estimate of drug-likeness (QED) is 0.744. The number of ketones is 1. The first-order valence-electron chi connectivity index (χ1n) is 6.56. The van der Waals surface area contributed by atoms with Crippen LogP contribution < -0.4 is 5.32 Å². The van der Waals surface area contributed by atoms with Gasteiger partial charge in [0.25, 0.3) is 0 Å². The van der Waals surface area contributed by atoms with Crippen LogP contribution in [0.25, 0.3) is 0 Å². The Labute approximate surface area is 107 Å². The number of hydrogen-bond acceptors (Lipinski definition) is 3. The van der Waals surface area contributed by atoms with Gasteiger partial charge < -0.3 is 10.1 Å². The summed E-state index contributed by atoms with van der Waals surface area (Å²) in [6.07, 6.45) is 3.94. The van der Waals surface area contributed by atoms with E-state index in [4.69, 9.17) is 4.74 Å². The van der Waals surface area contributed by atoms with Crippen molar-refractivity contribution in [2.75, 3.05) is 0 Å². The van der Waals surface area contributed by atoms with Gasteiger partial charge in [-0.25, -0.2) is 0 Å². The first-order chi connectivity index (χ1) is 8.32. The van der Waals surface area contributed by atoms with E-state index in [2.05, 4.69) is 5.32 Å². The molecule has 4 nitrogen and oxygen atoms in total. The molecule has 4 heteroatoms. The minimum absolute atomic E-state index is 0.0467. The number of carbonyl (C=O) groups excluding carboxylic acids is 2. The molecule has 5 atom stereocenters. The van der Waals surface area contributed by atoms with Gasteiger partial charge in [0.1, 0.15) is 11.4 Å². The van der Waals surface area contributed by atoms with Crippen molar-refractivity contribution in [1.82, 2.24) is 5.32 Å². The number of rotatable bonds is 2. The molecule has 0 saturated carbocycles. The van der Waals surface area contributed by atoms with E-state index in [9.17, 15) is 9.59 Å². The maximum atomic E-state index is 12.4. The average molecular weight is 249 g/mol. The fourth-order valence-electron chi connectivity index (χ4n) is 3.75. The van der Waals surface area contributed by atoms with Crippen LogP contribution in [0, 0.1) is 17.8 Å². The Morgan fingerprint density at radius 2 is 2.11 bits per heavy atom. The van der Waals surface area contributed by atoms with Crippen LogP contribution in [-0.4, -0.2) is 28.9 Å². The second kappa shape index (κ2) is 3.23. The Hall–Kier alpha value is -1.16. The van der Waals surface area contributed by atoms with E-state index < -0.39 is 11.2 Å². The lowest BCUT2D eigenvalue weighted by Crippen LogP contribution is -2.44. The number of nitrogens with one attached hydrogen (secondary N) is 1. The monoisotopic (exact) mass is 249 g/mol. The van der Waals surface area contributed by atoms with Crippen LogP contribution in [0.5, 0.6) is 0 Å². The fraction of sp³-hybridized carbons (Fsp3) is 0.714. The van der Waals surface area contributed by atoms with Gasteiger partial charge in [0.15, 0.2) is 0 Å². The summed E-state index contributed by atoms with van der Waals surface area (Å²) in [4.78, 5) is 24.6. The van der Waals surface area contributed by atoms with Crippen molar-refractivity contribution in [2.24, 2.45) is 17.8 Å². The zero-order chi connectivity index (χ0) is 13.3. The number of fused-ring (bicyclic) bond motifs is 1. The zero-order valence-electron chi connectivity index (χ0n) is 11.2. The lowest BCUT2D eigenvalue weighted by atomic mass is 9.67. The van der Waals surface area contributed by atoms with E-state index in [1.807, 2.05) is 39.8 Å². The first-order valence-corrected chi connectivity index (χ1v) is 6.56. The maximum absolute atomic E-state index is 12.4. The number of amides is 1. The molecule has 18 heavy (non-hydrogen) atoms. The molecule has 0 aliphatic carbocycles. The molecule has 2 unspecified atom stereocenters. The molecule has 1 spiro atoms. The molecule has 2 bridgehead atoms. The van der Waals surface area contributed by atoms with Gasteiger partial charge in [-0.2, -0.15) is 0 Å². The Morgan fingerprint density at radius 3 is 2.72 bits per heavy atom. The van der Waals surface area contributed by atoms with Gasteiger partial charge in [0.05, 0.1) is 23.5 Å². The number of hydrogen-bond donors (Lipinski definition) is 1. The SMILES string of the molecule is CC(C)C(=O)[C@H]1C2C(=O)N[C@@H](C)[C@]23C=CC1(C)O3. The van der Waals surface area contributed by atoms with Gasteiger partial charge in [-0.15, -0.1) is 0 Å². The predicted octanol–water partition coefficient (Wildman–Crippen LogP) is 1.06. The van der Waals surface area contributed by atoms with E-state index >= 15 is 0 Å². The molecular weight excluding hydrogens is 230 g/mol. The summed E-state index contributed by atoms with van der Waals surface area (Å²) >= 11 is 0. The highest BCUT2D eigenvalue weighted by atomic mass is 16.5. The number of ether oxygens (including phenoxy) is 1. The summed E-state index contributed by atoms with van der Waals surface area (Å²) in [6.45, 7) is 7.62. The normalized spacial score (nSPS) is 48.7. The van der Waals surface area contributed by atoms with E-state index in [1.165, 1.54) is 0 Å². The molecule has 3 heterocycles. The van der Waals surface area contributed by atoms with Crippen LogP contribution in [0.15, 0.2) is 12.2 Å². The molecule has 1 amide bonds. The standard InChI is InChI=1S/C14H19NO3/c1-7(2)11(16)9-10-12(17)15-8(3)14(10)6-5-13(9,4)18-14/h5-10H,1-4H3,(H,15,17)/t8-,9+,10?,13?,14+/m0/s1. The van der Waals surface area contributed by atoms with Crippen molar-refractivity contribution < 1.29 is 14.3 Å². The molecule has 3 aliphatic heterocycles. The average Bonchev–Trinajstić information content (AvgIpc) is 2.83. The fourth-order valence-corrected chi connectivity index (χ4v) is 3.75. The van der Waals surface area contributed by atoms with E-state index in [0.29, 0.717) is 0 Å². The Morgan fingerprint density at radius 1 is 1.44 bits per heavy atom. The van der Waals surface area contributed by atoms with Crippen molar-refractivity contribution in [1.29, 1.82) is 0 Å². The topological polar surface area (TPSA) is 55.4 Å². The van der Waals surface area contributed by atoms with Crippen molar-refractivity contribution in [3.8, 4) is 0 Å². The molecule has 0 radical (unpaired) electrons. The van der Waals surface area contributed by atoms with Gasteiger partial charge >= 0.3 is 0 Å². The molecule has 2 fully saturated rings. The van der Waals surface area contributed by atoms with Gasteiger partial charge in [-0.3, -0.25) is 9.59 Å². The lowest BCUT2D eigenvalue weighted by Gasteiger charge is -2.29. The number of Topliss-reactive ketones (excluding diaryl/α,β-unsaturated/α-hetero) is 1. The summed E-state index contributed by atoms with van der Waals surface area (Å²) in [6, 6.07) is -0.0713. The molecule has 0 aromatic carbocycles. The third-order valence-electron chi connectivity index (χ3n) is 4.70. The van der Waals surface area contributed by atoms with Crippen LogP contribution in [0.2, 0.25) is 0 Å². The smallest absolute Gasteiger partial charge is 0.227 e. The number of carbonyl (C=O) groups is 2. The molecular formula is C14H19NO3. The van der Waals surface area contributed by atoms with Crippen LogP contribution in [0.3, 0.4) is 0 Å². The van der Waals surface area contributed by atoms with Crippen molar-refractivity contribution in [3.63, 3.8) is 0 Å². The van der Waals surface area contributed by atoms with E-state index in [0.717, 1.165) is 0 Å². The second-order valence-electron chi connectivity index (χ2n) is 6.22. The summed E-state index contributed by atoms with van der Waals surface area (Å²) in [7, 11) is 0. The molecule has 0 aromatic rings. The van der Waals surface area contributed by atoms with Crippen LogP contribution in [0.4, 0.5) is 0 Å². The molecule has 3 aliphatic rings. The Balaban J connectivity index is 2.10. The van der Waals surface area contributed by atoms with Gasteiger partial charge in [0.2, 0.25) is 5.91 Å². The van der Waals surface area contributed by atoms with Crippen molar-refractivity contribution in [2.45, 2.75) is 44.9 Å². The summed E-state index contributed by atoms with van der Waals surface area (Å²) in [5, 5.41) is 2.91. The highest BCUT2D eigenvalue weighted by molar-refractivity contribution is 5.95.